The number of hydrogen-bond donors (Lipinski definition) is 2. The number of nitrogens with two attached hydrogens (primary N) is 1. The molecule has 0 spiro atoms. The van der Waals surface area contributed by atoms with E-state index in [1.165, 1.54) is 0 Å². The second-order valence-electron chi connectivity index (χ2n) is 5.52. The molecule has 3 N–H and O–H groups in total. The van der Waals surface area contributed by atoms with Crippen LogP contribution < -0.4 is 20.5 Å². The summed E-state index contributed by atoms with van der Waals surface area (Å²) in [5.74, 6) is 1.60. The number of benzene rings is 2. The zero-order valence-electron chi connectivity index (χ0n) is 14.7. The lowest BCUT2D eigenvalue weighted by atomic mass is 10.2. The van der Waals surface area contributed by atoms with Gasteiger partial charge in [-0.1, -0.05) is 12.1 Å². The van der Waals surface area contributed by atoms with E-state index in [0.29, 0.717) is 24.0 Å². The summed E-state index contributed by atoms with van der Waals surface area (Å²) >= 11 is 0. The van der Waals surface area contributed by atoms with E-state index in [0.717, 1.165) is 16.9 Å². The number of aliphatic imine (C=N–C) groups is 1. The van der Waals surface area contributed by atoms with E-state index in [-0.39, 0.29) is 0 Å². The second kappa shape index (κ2) is 8.06. The quantitative estimate of drug-likeness (QED) is 0.527. The average Bonchev–Trinajstić information content (AvgIpc) is 3.21. The van der Waals surface area contributed by atoms with Crippen LogP contribution in [0.1, 0.15) is 5.56 Å². The molecule has 1 heterocycles. The van der Waals surface area contributed by atoms with Crippen LogP contribution in [-0.4, -0.2) is 30.0 Å². The van der Waals surface area contributed by atoms with Crippen molar-refractivity contribution in [2.75, 3.05) is 19.5 Å². The SMILES string of the molecule is COc1ccc(NC(N)=NCc2cccc(-n3cccn3)c2)cc1OC. The smallest absolute Gasteiger partial charge is 0.193 e. The van der Waals surface area contributed by atoms with Crippen molar-refractivity contribution in [3.05, 3.63) is 66.5 Å². The van der Waals surface area contributed by atoms with Crippen LogP contribution in [0.5, 0.6) is 11.5 Å². The maximum Gasteiger partial charge on any atom is 0.193 e. The minimum Gasteiger partial charge on any atom is -0.493 e. The molecule has 0 aliphatic carbocycles. The van der Waals surface area contributed by atoms with E-state index in [2.05, 4.69) is 15.4 Å². The first-order valence-electron chi connectivity index (χ1n) is 8.07. The molecule has 0 unspecified atom stereocenters. The Balaban J connectivity index is 1.68. The molecular formula is C19H21N5O2. The molecule has 26 heavy (non-hydrogen) atoms. The molecule has 134 valence electrons. The van der Waals surface area contributed by atoms with E-state index < -0.39 is 0 Å². The Morgan fingerprint density at radius 2 is 1.96 bits per heavy atom. The number of guanidine groups is 1. The molecule has 1 aromatic heterocycles. The van der Waals surface area contributed by atoms with Crippen molar-refractivity contribution in [1.29, 1.82) is 0 Å². The number of rotatable bonds is 6. The Morgan fingerprint density at radius 1 is 1.12 bits per heavy atom. The highest BCUT2D eigenvalue weighted by Gasteiger charge is 2.05. The van der Waals surface area contributed by atoms with Crippen molar-refractivity contribution in [3.8, 4) is 17.2 Å². The number of methoxy groups -OCH3 is 2. The van der Waals surface area contributed by atoms with Gasteiger partial charge in [0, 0.05) is 24.1 Å². The van der Waals surface area contributed by atoms with Crippen molar-refractivity contribution in [1.82, 2.24) is 9.78 Å². The number of nitrogens with one attached hydrogen (secondary N) is 1. The Hall–Kier alpha value is -3.48. The van der Waals surface area contributed by atoms with Crippen LogP contribution >= 0.6 is 0 Å². The molecule has 3 aromatic rings. The first-order valence-corrected chi connectivity index (χ1v) is 8.07. The molecule has 0 aliphatic rings. The predicted molar refractivity (Wildman–Crippen MR) is 102 cm³/mol. The minimum absolute atomic E-state index is 0.321. The molecule has 7 nitrogen and oxygen atoms in total. The van der Waals surface area contributed by atoms with Crippen LogP contribution in [-0.2, 0) is 6.54 Å². The van der Waals surface area contributed by atoms with Gasteiger partial charge < -0.3 is 20.5 Å². The third-order valence-corrected chi connectivity index (χ3v) is 3.77. The summed E-state index contributed by atoms with van der Waals surface area (Å²) in [5.41, 5.74) is 8.79. The maximum atomic E-state index is 6.00. The number of anilines is 1. The highest BCUT2D eigenvalue weighted by atomic mass is 16.5. The molecule has 0 bridgehead atoms. The summed E-state index contributed by atoms with van der Waals surface area (Å²) in [6, 6.07) is 15.3. The largest absolute Gasteiger partial charge is 0.493 e. The Bertz CT molecular complexity index is 891. The minimum atomic E-state index is 0.321. The topological polar surface area (TPSA) is 86.7 Å². The molecule has 0 saturated heterocycles. The Morgan fingerprint density at radius 3 is 2.69 bits per heavy atom. The lowest BCUT2D eigenvalue weighted by Crippen LogP contribution is -2.22. The predicted octanol–water partition coefficient (Wildman–Crippen LogP) is 2.82. The number of ether oxygens (including phenoxy) is 2. The van der Waals surface area contributed by atoms with Gasteiger partial charge in [0.15, 0.2) is 17.5 Å². The van der Waals surface area contributed by atoms with Gasteiger partial charge in [-0.3, -0.25) is 0 Å². The van der Waals surface area contributed by atoms with Gasteiger partial charge in [0.1, 0.15) is 0 Å². The van der Waals surface area contributed by atoms with Gasteiger partial charge in [-0.15, -0.1) is 0 Å². The molecule has 0 amide bonds. The fourth-order valence-corrected chi connectivity index (χ4v) is 2.50. The van der Waals surface area contributed by atoms with Crippen molar-refractivity contribution in [2.24, 2.45) is 10.7 Å². The average molecular weight is 351 g/mol. The zero-order valence-corrected chi connectivity index (χ0v) is 14.7. The second-order valence-corrected chi connectivity index (χ2v) is 5.52. The number of aromatic nitrogens is 2. The van der Waals surface area contributed by atoms with Gasteiger partial charge >= 0.3 is 0 Å². The van der Waals surface area contributed by atoms with Crippen molar-refractivity contribution in [2.45, 2.75) is 6.54 Å². The van der Waals surface area contributed by atoms with Gasteiger partial charge in [0.2, 0.25) is 0 Å². The van der Waals surface area contributed by atoms with E-state index in [1.54, 1.807) is 31.2 Å². The molecule has 2 aromatic carbocycles. The molecular weight excluding hydrogens is 330 g/mol. The van der Waals surface area contributed by atoms with E-state index in [4.69, 9.17) is 15.2 Å². The molecule has 0 saturated carbocycles. The molecule has 3 rings (SSSR count). The zero-order chi connectivity index (χ0) is 18.4. The molecule has 0 atom stereocenters. The molecule has 0 fully saturated rings. The summed E-state index contributed by atoms with van der Waals surface area (Å²) in [6.45, 7) is 0.460. The lowest BCUT2D eigenvalue weighted by Gasteiger charge is -2.11. The van der Waals surface area contributed by atoms with Crippen LogP contribution in [0.2, 0.25) is 0 Å². The summed E-state index contributed by atoms with van der Waals surface area (Å²) < 4.78 is 12.3. The summed E-state index contributed by atoms with van der Waals surface area (Å²) in [5, 5.41) is 7.29. The maximum absolute atomic E-state index is 6.00. The van der Waals surface area contributed by atoms with E-state index >= 15 is 0 Å². The third-order valence-electron chi connectivity index (χ3n) is 3.77. The highest BCUT2D eigenvalue weighted by Crippen LogP contribution is 2.29. The summed E-state index contributed by atoms with van der Waals surface area (Å²) in [4.78, 5) is 4.39. The molecule has 0 aliphatic heterocycles. The van der Waals surface area contributed by atoms with Crippen LogP contribution in [0.4, 0.5) is 5.69 Å². The monoisotopic (exact) mass is 351 g/mol. The fourth-order valence-electron chi connectivity index (χ4n) is 2.50. The molecule has 7 heteroatoms. The highest BCUT2D eigenvalue weighted by molar-refractivity contribution is 5.92. The van der Waals surface area contributed by atoms with Gasteiger partial charge in [-0.25, -0.2) is 9.67 Å². The van der Waals surface area contributed by atoms with E-state index in [1.807, 2.05) is 48.7 Å². The summed E-state index contributed by atoms with van der Waals surface area (Å²) in [6.07, 6.45) is 3.64. The van der Waals surface area contributed by atoms with Crippen LogP contribution in [0.25, 0.3) is 5.69 Å². The number of hydrogen-bond acceptors (Lipinski definition) is 4. The van der Waals surface area contributed by atoms with Gasteiger partial charge in [0.25, 0.3) is 0 Å². The normalized spacial score (nSPS) is 11.2. The molecule has 0 radical (unpaired) electrons. The van der Waals surface area contributed by atoms with Gasteiger partial charge in [-0.2, -0.15) is 5.10 Å². The number of nitrogens with zero attached hydrogens (tertiary/aromatic N) is 3. The standard InChI is InChI=1S/C19H21N5O2/c1-25-17-8-7-15(12-18(17)26-2)23-19(20)21-13-14-5-3-6-16(11-14)24-10-4-9-22-24/h3-12H,13H2,1-2H3,(H3,20,21,23). The first kappa shape index (κ1) is 17.3. The van der Waals surface area contributed by atoms with Crippen molar-refractivity contribution < 1.29 is 9.47 Å². The third kappa shape index (κ3) is 4.13. The van der Waals surface area contributed by atoms with Gasteiger partial charge in [0.05, 0.1) is 26.5 Å². The first-order chi connectivity index (χ1) is 12.7. The fraction of sp³-hybridized carbons (Fsp3) is 0.158. The Kier molecular flexibility index (Phi) is 5.38. The van der Waals surface area contributed by atoms with E-state index in [9.17, 15) is 0 Å². The van der Waals surface area contributed by atoms with Crippen LogP contribution in [0, 0.1) is 0 Å². The van der Waals surface area contributed by atoms with Crippen LogP contribution in [0.3, 0.4) is 0 Å². The summed E-state index contributed by atoms with van der Waals surface area (Å²) in [7, 11) is 3.18. The van der Waals surface area contributed by atoms with Crippen molar-refractivity contribution >= 4 is 11.6 Å². The van der Waals surface area contributed by atoms with Crippen molar-refractivity contribution in [3.63, 3.8) is 0 Å². The van der Waals surface area contributed by atoms with Crippen LogP contribution in [0.15, 0.2) is 65.9 Å². The Labute approximate surface area is 152 Å². The van der Waals surface area contributed by atoms with Gasteiger partial charge in [-0.05, 0) is 35.9 Å². The lowest BCUT2D eigenvalue weighted by molar-refractivity contribution is 0.355.